The van der Waals surface area contributed by atoms with Crippen LogP contribution in [-0.4, -0.2) is 15.3 Å². The van der Waals surface area contributed by atoms with Crippen LogP contribution in [0.2, 0.25) is 0 Å². The average molecular weight is 297 g/mol. The molecular formula is C17H16FN3O. The van der Waals surface area contributed by atoms with Crippen molar-refractivity contribution in [3.63, 3.8) is 0 Å². The monoisotopic (exact) mass is 297 g/mol. The Balaban J connectivity index is 2.14. The highest BCUT2D eigenvalue weighted by atomic mass is 19.1. The van der Waals surface area contributed by atoms with Crippen molar-refractivity contribution in [1.29, 1.82) is 0 Å². The van der Waals surface area contributed by atoms with Gasteiger partial charge in [0.25, 0.3) is 0 Å². The third-order valence-corrected chi connectivity index (χ3v) is 3.36. The number of anilines is 1. The van der Waals surface area contributed by atoms with Crippen LogP contribution in [0, 0.1) is 5.82 Å². The fraction of sp³-hybridized carbons (Fsp3) is 0.176. The van der Waals surface area contributed by atoms with Crippen LogP contribution in [0.3, 0.4) is 0 Å². The molecule has 2 heterocycles. The number of halogens is 1. The van der Waals surface area contributed by atoms with Crippen molar-refractivity contribution in [2.75, 3.05) is 5.32 Å². The predicted octanol–water partition coefficient (Wildman–Crippen LogP) is 3.88. The summed E-state index contributed by atoms with van der Waals surface area (Å²) in [6.07, 6.45) is 3.02. The van der Waals surface area contributed by atoms with E-state index in [2.05, 4.69) is 10.3 Å². The van der Waals surface area contributed by atoms with Crippen molar-refractivity contribution >= 4 is 17.4 Å². The van der Waals surface area contributed by atoms with Gasteiger partial charge < -0.3 is 5.32 Å². The Bertz CT molecular complexity index is 826. The van der Waals surface area contributed by atoms with Gasteiger partial charge in [-0.2, -0.15) is 0 Å². The fourth-order valence-corrected chi connectivity index (χ4v) is 2.37. The van der Waals surface area contributed by atoms with Gasteiger partial charge in [0.15, 0.2) is 0 Å². The third-order valence-electron chi connectivity index (χ3n) is 3.36. The number of rotatable bonds is 4. The van der Waals surface area contributed by atoms with Crippen molar-refractivity contribution in [2.45, 2.75) is 19.8 Å². The third kappa shape index (κ3) is 2.70. The number of amides is 1. The van der Waals surface area contributed by atoms with E-state index in [1.54, 1.807) is 16.5 Å². The summed E-state index contributed by atoms with van der Waals surface area (Å²) in [7, 11) is 0. The maximum atomic E-state index is 13.5. The van der Waals surface area contributed by atoms with Gasteiger partial charge in [-0.3, -0.25) is 9.20 Å². The summed E-state index contributed by atoms with van der Waals surface area (Å²) in [4.78, 5) is 16.5. The minimum Gasteiger partial charge on any atom is -0.310 e. The maximum Gasteiger partial charge on any atom is 0.225 e. The molecule has 0 bridgehead atoms. The quantitative estimate of drug-likeness (QED) is 0.794. The first-order chi connectivity index (χ1) is 10.7. The van der Waals surface area contributed by atoms with E-state index in [1.807, 2.05) is 31.3 Å². The fourth-order valence-electron chi connectivity index (χ4n) is 2.37. The standard InChI is InChI=1S/C17H16FN3O/c1-2-6-15(22)20-17-16(12-7-5-8-13(18)11-12)19-14-9-3-4-10-21(14)17/h3-5,7-11H,2,6H2,1H3,(H,20,22). The molecular weight excluding hydrogens is 281 g/mol. The first kappa shape index (κ1) is 14.3. The van der Waals surface area contributed by atoms with Crippen LogP contribution in [-0.2, 0) is 4.79 Å². The van der Waals surface area contributed by atoms with Crippen molar-refractivity contribution < 1.29 is 9.18 Å². The highest BCUT2D eigenvalue weighted by molar-refractivity contribution is 5.94. The smallest absolute Gasteiger partial charge is 0.225 e. The van der Waals surface area contributed by atoms with Crippen LogP contribution >= 0.6 is 0 Å². The molecule has 4 nitrogen and oxygen atoms in total. The Hall–Kier alpha value is -2.69. The Morgan fingerprint density at radius 2 is 2.14 bits per heavy atom. The van der Waals surface area contributed by atoms with E-state index >= 15 is 0 Å². The second-order valence-electron chi connectivity index (χ2n) is 5.05. The van der Waals surface area contributed by atoms with Crippen molar-refractivity contribution in [3.8, 4) is 11.3 Å². The Morgan fingerprint density at radius 1 is 1.27 bits per heavy atom. The van der Waals surface area contributed by atoms with Gasteiger partial charge in [0.1, 0.15) is 23.0 Å². The molecule has 3 rings (SSSR count). The largest absolute Gasteiger partial charge is 0.310 e. The van der Waals surface area contributed by atoms with Crippen LogP contribution in [0.25, 0.3) is 16.9 Å². The number of nitrogens with zero attached hydrogens (tertiary/aromatic N) is 2. The van der Waals surface area contributed by atoms with Gasteiger partial charge in [0.05, 0.1) is 0 Å². The molecule has 112 valence electrons. The lowest BCUT2D eigenvalue weighted by Gasteiger charge is -2.07. The second kappa shape index (κ2) is 5.97. The van der Waals surface area contributed by atoms with Gasteiger partial charge in [-0.1, -0.05) is 25.1 Å². The second-order valence-corrected chi connectivity index (χ2v) is 5.05. The van der Waals surface area contributed by atoms with Crippen LogP contribution in [0.5, 0.6) is 0 Å². The molecule has 0 spiro atoms. The molecule has 0 aliphatic rings. The summed E-state index contributed by atoms with van der Waals surface area (Å²) in [5.41, 5.74) is 1.90. The van der Waals surface area contributed by atoms with Gasteiger partial charge in [0, 0.05) is 18.2 Å². The molecule has 0 unspecified atom stereocenters. The minimum atomic E-state index is -0.333. The average Bonchev–Trinajstić information content (AvgIpc) is 2.86. The zero-order valence-corrected chi connectivity index (χ0v) is 12.2. The number of imidazole rings is 1. The number of aromatic nitrogens is 2. The summed E-state index contributed by atoms with van der Waals surface area (Å²) in [6, 6.07) is 11.8. The van der Waals surface area contributed by atoms with E-state index < -0.39 is 0 Å². The van der Waals surface area contributed by atoms with Crippen LogP contribution in [0.15, 0.2) is 48.7 Å². The first-order valence-electron chi connectivity index (χ1n) is 7.22. The highest BCUT2D eigenvalue weighted by Gasteiger charge is 2.16. The number of carbonyl (C=O) groups excluding carboxylic acids is 1. The van der Waals surface area contributed by atoms with E-state index in [9.17, 15) is 9.18 Å². The molecule has 5 heteroatoms. The van der Waals surface area contributed by atoms with Gasteiger partial charge in [-0.25, -0.2) is 9.37 Å². The number of hydrogen-bond donors (Lipinski definition) is 1. The summed E-state index contributed by atoms with van der Waals surface area (Å²) in [6.45, 7) is 1.95. The molecule has 1 amide bonds. The summed E-state index contributed by atoms with van der Waals surface area (Å²) >= 11 is 0. The SMILES string of the molecule is CCCC(=O)Nc1c(-c2cccc(F)c2)nc2ccccn12. The van der Waals surface area contributed by atoms with Crippen LogP contribution in [0.1, 0.15) is 19.8 Å². The van der Waals surface area contributed by atoms with Crippen molar-refractivity contribution in [2.24, 2.45) is 0 Å². The summed E-state index contributed by atoms with van der Waals surface area (Å²) in [5, 5.41) is 2.89. The minimum absolute atomic E-state index is 0.0780. The number of hydrogen-bond acceptors (Lipinski definition) is 2. The van der Waals surface area contributed by atoms with Crippen molar-refractivity contribution in [3.05, 3.63) is 54.5 Å². The molecule has 0 radical (unpaired) electrons. The Morgan fingerprint density at radius 3 is 2.91 bits per heavy atom. The van der Waals surface area contributed by atoms with E-state index in [1.165, 1.54) is 12.1 Å². The predicted molar refractivity (Wildman–Crippen MR) is 84.1 cm³/mol. The summed E-state index contributed by atoms with van der Waals surface area (Å²) in [5.74, 6) is 0.158. The molecule has 0 aliphatic heterocycles. The molecule has 1 aromatic carbocycles. The number of fused-ring (bicyclic) bond motifs is 1. The molecule has 3 aromatic rings. The Labute approximate surface area is 127 Å². The number of carbonyl (C=O) groups is 1. The molecule has 22 heavy (non-hydrogen) atoms. The van der Waals surface area contributed by atoms with E-state index in [0.29, 0.717) is 29.1 Å². The van der Waals surface area contributed by atoms with Gasteiger partial charge in [0.2, 0.25) is 5.91 Å². The van der Waals surface area contributed by atoms with Crippen LogP contribution in [0.4, 0.5) is 10.2 Å². The van der Waals surface area contributed by atoms with Crippen LogP contribution < -0.4 is 5.32 Å². The van der Waals surface area contributed by atoms with Gasteiger partial charge in [-0.15, -0.1) is 0 Å². The van der Waals surface area contributed by atoms with E-state index in [0.717, 1.165) is 6.42 Å². The van der Waals surface area contributed by atoms with Gasteiger partial charge >= 0.3 is 0 Å². The molecule has 0 fully saturated rings. The topological polar surface area (TPSA) is 46.4 Å². The zero-order chi connectivity index (χ0) is 15.5. The van der Waals surface area contributed by atoms with Gasteiger partial charge in [-0.05, 0) is 30.7 Å². The zero-order valence-electron chi connectivity index (χ0n) is 12.2. The molecule has 0 atom stereocenters. The highest BCUT2D eigenvalue weighted by Crippen LogP contribution is 2.29. The molecule has 0 saturated carbocycles. The van der Waals surface area contributed by atoms with Crippen molar-refractivity contribution in [1.82, 2.24) is 9.38 Å². The number of pyridine rings is 1. The molecule has 1 N–H and O–H groups in total. The number of benzene rings is 1. The van der Waals surface area contributed by atoms with E-state index in [-0.39, 0.29) is 11.7 Å². The molecule has 0 saturated heterocycles. The lowest BCUT2D eigenvalue weighted by atomic mass is 10.1. The van der Waals surface area contributed by atoms with E-state index in [4.69, 9.17) is 0 Å². The molecule has 2 aromatic heterocycles. The normalized spacial score (nSPS) is 10.8. The Kier molecular flexibility index (Phi) is 3.87. The number of nitrogens with one attached hydrogen (secondary N) is 1. The lowest BCUT2D eigenvalue weighted by molar-refractivity contribution is -0.116. The molecule has 0 aliphatic carbocycles. The summed E-state index contributed by atoms with van der Waals surface area (Å²) < 4.78 is 15.3. The maximum absolute atomic E-state index is 13.5. The first-order valence-corrected chi connectivity index (χ1v) is 7.22. The lowest BCUT2D eigenvalue weighted by Crippen LogP contribution is -2.13.